The van der Waals surface area contributed by atoms with Crippen LogP contribution in [0.3, 0.4) is 0 Å². The number of anilines is 2. The van der Waals surface area contributed by atoms with Crippen LogP contribution in [0, 0.1) is 0 Å². The van der Waals surface area contributed by atoms with Crippen molar-refractivity contribution in [2.45, 2.75) is 16.2 Å². The summed E-state index contributed by atoms with van der Waals surface area (Å²) in [6.07, 6.45) is 0. The Labute approximate surface area is 265 Å². The van der Waals surface area contributed by atoms with E-state index in [0.717, 1.165) is 22.1 Å². The second-order valence-corrected chi connectivity index (χ2v) is 13.2. The Kier molecular flexibility index (Phi) is 5.37. The molecular weight excluding hydrogens is 567 g/mol. The summed E-state index contributed by atoms with van der Waals surface area (Å²) in [5, 5.41) is 5.15. The second-order valence-electron chi connectivity index (χ2n) is 12.0. The first kappa shape index (κ1) is 25.1. The van der Waals surface area contributed by atoms with Gasteiger partial charge in [-0.1, -0.05) is 109 Å². The van der Waals surface area contributed by atoms with Gasteiger partial charge in [0.15, 0.2) is 0 Å². The molecule has 2 atom stereocenters. The van der Waals surface area contributed by atoms with E-state index in [2.05, 4.69) is 157 Å². The van der Waals surface area contributed by atoms with Gasteiger partial charge in [0.25, 0.3) is 0 Å². The molecule has 2 unspecified atom stereocenters. The van der Waals surface area contributed by atoms with Crippen LogP contribution in [0.4, 0.5) is 11.4 Å². The minimum Gasteiger partial charge on any atom is -0.456 e. The van der Waals surface area contributed by atoms with Gasteiger partial charge in [0.05, 0.1) is 11.3 Å². The fourth-order valence-electron chi connectivity index (χ4n) is 7.71. The lowest BCUT2D eigenvalue weighted by molar-refractivity contribution is 0.669. The third-order valence-electron chi connectivity index (χ3n) is 9.61. The average molecular weight is 594 g/mol. The monoisotopic (exact) mass is 593 g/mol. The molecule has 212 valence electrons. The van der Waals surface area contributed by atoms with Gasteiger partial charge in [0.1, 0.15) is 11.2 Å². The molecule has 0 aliphatic carbocycles. The average Bonchev–Trinajstić information content (AvgIpc) is 3.77. The van der Waals surface area contributed by atoms with E-state index in [1.807, 2.05) is 11.8 Å². The number of rotatable bonds is 3. The molecule has 7 aromatic carbocycles. The molecule has 45 heavy (non-hydrogen) atoms. The molecular formula is C42H27NOS. The zero-order valence-electron chi connectivity index (χ0n) is 24.4. The molecule has 10 rings (SSSR count). The van der Waals surface area contributed by atoms with E-state index in [-0.39, 0.29) is 6.04 Å². The van der Waals surface area contributed by atoms with Crippen LogP contribution >= 0.6 is 11.8 Å². The number of benzene rings is 7. The molecule has 3 heteroatoms. The Morgan fingerprint density at radius 2 is 1.33 bits per heavy atom. The summed E-state index contributed by atoms with van der Waals surface area (Å²) in [5.41, 5.74) is 12.1. The van der Waals surface area contributed by atoms with Gasteiger partial charge in [-0.25, -0.2) is 0 Å². The number of furan rings is 1. The first-order valence-electron chi connectivity index (χ1n) is 15.5. The maximum absolute atomic E-state index is 6.49. The van der Waals surface area contributed by atoms with E-state index >= 15 is 0 Å². The molecule has 0 saturated heterocycles. The predicted octanol–water partition coefficient (Wildman–Crippen LogP) is 12.1. The fraction of sp³-hybridized carbons (Fsp3) is 0.0476. The van der Waals surface area contributed by atoms with Crippen molar-refractivity contribution in [3.05, 3.63) is 163 Å². The molecule has 0 amide bonds. The van der Waals surface area contributed by atoms with Crippen LogP contribution in [0.5, 0.6) is 0 Å². The van der Waals surface area contributed by atoms with Gasteiger partial charge in [-0.05, 0) is 86.6 Å². The summed E-state index contributed by atoms with van der Waals surface area (Å²) >= 11 is 2.01. The lowest BCUT2D eigenvalue weighted by Crippen LogP contribution is -2.19. The number of hydrogen-bond donors (Lipinski definition) is 0. The minimum absolute atomic E-state index is 0.209. The van der Waals surface area contributed by atoms with Gasteiger partial charge in [0.2, 0.25) is 0 Å². The zero-order chi connectivity index (χ0) is 29.5. The number of thioether (sulfide) groups is 1. The highest BCUT2D eigenvalue weighted by Crippen LogP contribution is 2.65. The summed E-state index contributed by atoms with van der Waals surface area (Å²) in [7, 11) is 0. The van der Waals surface area contributed by atoms with E-state index in [1.165, 1.54) is 60.2 Å². The van der Waals surface area contributed by atoms with Gasteiger partial charge >= 0.3 is 0 Å². The molecule has 0 spiro atoms. The molecule has 2 nitrogen and oxygen atoms in total. The van der Waals surface area contributed by atoms with E-state index in [9.17, 15) is 0 Å². The van der Waals surface area contributed by atoms with E-state index in [0.29, 0.717) is 5.25 Å². The first-order chi connectivity index (χ1) is 22.3. The van der Waals surface area contributed by atoms with Gasteiger partial charge in [-0.15, -0.1) is 11.8 Å². The van der Waals surface area contributed by atoms with Crippen molar-refractivity contribution in [3.63, 3.8) is 0 Å². The number of hydrogen-bond acceptors (Lipinski definition) is 3. The minimum atomic E-state index is 0.209. The van der Waals surface area contributed by atoms with Crippen molar-refractivity contribution < 1.29 is 4.42 Å². The van der Waals surface area contributed by atoms with Crippen molar-refractivity contribution in [1.29, 1.82) is 0 Å². The molecule has 0 bridgehead atoms. The topological polar surface area (TPSA) is 16.4 Å². The van der Waals surface area contributed by atoms with Crippen LogP contribution in [-0.4, -0.2) is 0 Å². The van der Waals surface area contributed by atoms with Crippen LogP contribution in [0.1, 0.15) is 22.4 Å². The maximum Gasteiger partial charge on any atom is 0.136 e. The number of nitrogens with zero attached hydrogens (tertiary/aromatic N) is 1. The summed E-state index contributed by atoms with van der Waals surface area (Å²) in [6, 6.07) is 55.3. The van der Waals surface area contributed by atoms with Crippen LogP contribution in [0.2, 0.25) is 0 Å². The first-order valence-corrected chi connectivity index (χ1v) is 16.4. The normalized spacial score (nSPS) is 16.8. The van der Waals surface area contributed by atoms with Gasteiger partial charge in [0, 0.05) is 27.0 Å². The Balaban J connectivity index is 1.15. The van der Waals surface area contributed by atoms with Crippen LogP contribution in [-0.2, 0) is 0 Å². The van der Waals surface area contributed by atoms with Crippen molar-refractivity contribution in [3.8, 4) is 22.3 Å². The molecule has 0 N–H and O–H groups in total. The number of fused-ring (bicyclic) bond motifs is 10. The Hall–Kier alpha value is -5.25. The van der Waals surface area contributed by atoms with Crippen LogP contribution < -0.4 is 4.90 Å². The predicted molar refractivity (Wildman–Crippen MR) is 188 cm³/mol. The highest BCUT2D eigenvalue weighted by atomic mass is 32.2. The molecule has 1 aromatic heterocycles. The summed E-state index contributed by atoms with van der Waals surface area (Å²) in [6.45, 7) is 0. The van der Waals surface area contributed by atoms with E-state index in [1.54, 1.807) is 0 Å². The zero-order valence-corrected chi connectivity index (χ0v) is 25.2. The quantitative estimate of drug-likeness (QED) is 0.203. The Morgan fingerprint density at radius 1 is 0.556 bits per heavy atom. The third-order valence-corrected chi connectivity index (χ3v) is 11.0. The van der Waals surface area contributed by atoms with Crippen molar-refractivity contribution >= 4 is 55.8 Å². The Bertz CT molecular complexity index is 2440. The van der Waals surface area contributed by atoms with Crippen LogP contribution in [0.25, 0.3) is 55.0 Å². The smallest absolute Gasteiger partial charge is 0.136 e. The molecule has 0 saturated carbocycles. The van der Waals surface area contributed by atoms with Crippen molar-refractivity contribution in [2.24, 2.45) is 0 Å². The molecule has 0 radical (unpaired) electrons. The standard InChI is InChI=1S/C42H27NOS/c1-2-12-28(13-3-1)43-35-19-9-8-17-33(35)42-41(43)40-32(18-10-20-38(40)45-42)31-16-7-6-14-29(31)27-21-23-34-37(25-27)44-36-24-22-26-11-4-5-15-30(26)39(34)36/h1-25,41-42H. The summed E-state index contributed by atoms with van der Waals surface area (Å²) < 4.78 is 6.49. The molecule has 2 aliphatic rings. The lowest BCUT2D eigenvalue weighted by Gasteiger charge is -2.29. The van der Waals surface area contributed by atoms with E-state index in [4.69, 9.17) is 4.42 Å². The molecule has 2 aliphatic heterocycles. The summed E-state index contributed by atoms with van der Waals surface area (Å²) in [5.74, 6) is 0. The molecule has 3 heterocycles. The largest absolute Gasteiger partial charge is 0.456 e. The van der Waals surface area contributed by atoms with E-state index < -0.39 is 0 Å². The van der Waals surface area contributed by atoms with Gasteiger partial charge in [-0.2, -0.15) is 0 Å². The van der Waals surface area contributed by atoms with Crippen LogP contribution in [0.15, 0.2) is 161 Å². The van der Waals surface area contributed by atoms with Gasteiger partial charge in [-0.3, -0.25) is 0 Å². The lowest BCUT2D eigenvalue weighted by atomic mass is 9.88. The Morgan fingerprint density at radius 3 is 2.27 bits per heavy atom. The van der Waals surface area contributed by atoms with Crippen molar-refractivity contribution in [1.82, 2.24) is 0 Å². The SMILES string of the molecule is c1ccc(N2c3ccccc3C3Sc4cccc(-c5ccccc5-c5ccc6c(c5)oc5ccc7ccccc7c56)c4C32)cc1. The maximum atomic E-state index is 6.49. The molecule has 0 fully saturated rings. The second kappa shape index (κ2) is 9.62. The van der Waals surface area contributed by atoms with Gasteiger partial charge < -0.3 is 9.32 Å². The molecule has 8 aromatic rings. The highest BCUT2D eigenvalue weighted by Gasteiger charge is 2.47. The highest BCUT2D eigenvalue weighted by molar-refractivity contribution is 8.00. The van der Waals surface area contributed by atoms with Crippen molar-refractivity contribution in [2.75, 3.05) is 4.90 Å². The third kappa shape index (κ3) is 3.65. The number of para-hydroxylation sites is 2. The fourth-order valence-corrected chi connectivity index (χ4v) is 9.21. The summed E-state index contributed by atoms with van der Waals surface area (Å²) in [4.78, 5) is 3.93.